The first-order chi connectivity index (χ1) is 4.73. The van der Waals surface area contributed by atoms with Gasteiger partial charge in [-0.15, -0.1) is 0 Å². The van der Waals surface area contributed by atoms with Crippen molar-refractivity contribution in [2.24, 2.45) is 28.6 Å². The quantitative estimate of drug-likeness (QED) is 0.443. The fourth-order valence-corrected chi connectivity index (χ4v) is 4.16. The molecule has 0 N–H and O–H groups in total. The van der Waals surface area contributed by atoms with Crippen LogP contribution < -0.4 is 0 Å². The van der Waals surface area contributed by atoms with Crippen molar-refractivity contribution in [1.29, 1.82) is 0 Å². The van der Waals surface area contributed by atoms with Gasteiger partial charge in [0, 0.05) is 5.92 Å². The summed E-state index contributed by atoms with van der Waals surface area (Å²) in [6, 6.07) is 0. The van der Waals surface area contributed by atoms with Crippen LogP contribution in [0.25, 0.3) is 0 Å². The minimum Gasteiger partial charge on any atom is -0.0766 e. The van der Waals surface area contributed by atoms with Gasteiger partial charge in [0.05, 0.1) is 0 Å². The van der Waals surface area contributed by atoms with Crippen molar-refractivity contribution in [2.45, 2.75) is 20.3 Å². The first-order valence-electron chi connectivity index (χ1n) is 4.44. The molecule has 4 rings (SSSR count). The highest BCUT2D eigenvalue weighted by Gasteiger charge is 2.95. The smallest absolute Gasteiger partial charge is 0.00478 e. The Balaban J connectivity index is 1.98. The van der Waals surface area contributed by atoms with Crippen LogP contribution in [0, 0.1) is 28.6 Å². The molecule has 0 saturated heterocycles. The molecule has 0 aromatic carbocycles. The highest BCUT2D eigenvalue weighted by molar-refractivity contribution is 5.58. The van der Waals surface area contributed by atoms with Crippen molar-refractivity contribution in [3.05, 3.63) is 11.6 Å². The lowest BCUT2D eigenvalue weighted by molar-refractivity contribution is 0.288. The molecule has 5 atom stereocenters. The van der Waals surface area contributed by atoms with Gasteiger partial charge in [-0.2, -0.15) is 0 Å². The third-order valence-corrected chi connectivity index (χ3v) is 5.21. The Hall–Kier alpha value is -0.260. The Kier molecular flexibility index (Phi) is 0.362. The Morgan fingerprint density at radius 1 is 1.60 bits per heavy atom. The highest BCUT2D eigenvalue weighted by atomic mass is 15.0. The number of hydrogen-bond donors (Lipinski definition) is 0. The SMILES string of the molecule is CC1C2=CC2C23CC2C13C. The maximum Gasteiger partial charge on any atom is 0.00478 e. The second kappa shape index (κ2) is 0.790. The number of fused-ring (bicyclic) bond motifs is 2. The molecule has 4 aliphatic carbocycles. The molecule has 0 aromatic heterocycles. The van der Waals surface area contributed by atoms with Gasteiger partial charge in [0.2, 0.25) is 0 Å². The number of hydrogen-bond acceptors (Lipinski definition) is 0. The summed E-state index contributed by atoms with van der Waals surface area (Å²) in [5.74, 6) is 3.12. The van der Waals surface area contributed by atoms with E-state index >= 15 is 0 Å². The van der Waals surface area contributed by atoms with Crippen molar-refractivity contribution in [2.75, 3.05) is 0 Å². The predicted molar refractivity (Wildman–Crippen MR) is 39.4 cm³/mol. The molecule has 5 unspecified atom stereocenters. The molecule has 52 valence electrons. The molecular formula is C10H12. The van der Waals surface area contributed by atoms with Gasteiger partial charge in [-0.25, -0.2) is 0 Å². The van der Waals surface area contributed by atoms with E-state index < -0.39 is 0 Å². The zero-order chi connectivity index (χ0) is 6.72. The number of allylic oxidation sites excluding steroid dienone is 2. The topological polar surface area (TPSA) is 0 Å². The van der Waals surface area contributed by atoms with Crippen LogP contribution in [0.5, 0.6) is 0 Å². The zero-order valence-electron chi connectivity index (χ0n) is 6.52. The van der Waals surface area contributed by atoms with Crippen LogP contribution >= 0.6 is 0 Å². The predicted octanol–water partition coefficient (Wildman–Crippen LogP) is 2.22. The van der Waals surface area contributed by atoms with Crippen LogP contribution in [0.3, 0.4) is 0 Å². The standard InChI is InChI=1S/C10H12/c1-5-6-3-7(6)10-4-8(10)9(5,10)2/h3,5,7-8H,4H2,1-2H3. The molecule has 0 radical (unpaired) electrons. The zero-order valence-corrected chi connectivity index (χ0v) is 6.52. The van der Waals surface area contributed by atoms with Crippen LogP contribution in [0.2, 0.25) is 0 Å². The molecule has 3 fully saturated rings. The molecule has 4 aliphatic rings. The Labute approximate surface area is 61.3 Å². The first kappa shape index (κ1) is 4.58. The molecule has 0 amide bonds. The Bertz CT molecular complexity index is 288. The largest absolute Gasteiger partial charge is 0.0766 e. The van der Waals surface area contributed by atoms with Gasteiger partial charge in [-0.1, -0.05) is 25.5 Å². The summed E-state index contributed by atoms with van der Waals surface area (Å²) < 4.78 is 0. The van der Waals surface area contributed by atoms with E-state index in [2.05, 4.69) is 19.9 Å². The molecule has 10 heavy (non-hydrogen) atoms. The van der Waals surface area contributed by atoms with Crippen molar-refractivity contribution >= 4 is 0 Å². The van der Waals surface area contributed by atoms with Gasteiger partial charge < -0.3 is 0 Å². The van der Waals surface area contributed by atoms with E-state index in [1.54, 1.807) is 6.42 Å². The second-order valence-corrected chi connectivity index (χ2v) is 4.95. The Morgan fingerprint density at radius 2 is 2.40 bits per heavy atom. The summed E-state index contributed by atoms with van der Waals surface area (Å²) in [6.07, 6.45) is 4.10. The summed E-state index contributed by atoms with van der Waals surface area (Å²) in [4.78, 5) is 0. The van der Waals surface area contributed by atoms with E-state index in [-0.39, 0.29) is 0 Å². The lowest BCUT2D eigenvalue weighted by Gasteiger charge is -2.21. The molecule has 1 spiro atoms. The first-order valence-corrected chi connectivity index (χ1v) is 4.44. The summed E-state index contributed by atoms with van der Waals surface area (Å²) >= 11 is 0. The molecule has 0 heterocycles. The Morgan fingerprint density at radius 3 is 2.80 bits per heavy atom. The van der Waals surface area contributed by atoms with Crippen molar-refractivity contribution < 1.29 is 0 Å². The molecule has 0 nitrogen and oxygen atoms in total. The van der Waals surface area contributed by atoms with E-state index in [9.17, 15) is 0 Å². The van der Waals surface area contributed by atoms with Gasteiger partial charge >= 0.3 is 0 Å². The maximum absolute atomic E-state index is 2.53. The summed E-state index contributed by atoms with van der Waals surface area (Å²) in [7, 11) is 0. The molecule has 0 aliphatic heterocycles. The normalized spacial score (nSPS) is 79.0. The molecular weight excluding hydrogens is 120 g/mol. The average molecular weight is 132 g/mol. The van der Waals surface area contributed by atoms with Crippen LogP contribution in [0.15, 0.2) is 11.6 Å². The minimum absolute atomic E-state index is 0.807. The van der Waals surface area contributed by atoms with Gasteiger partial charge in [-0.05, 0) is 29.1 Å². The summed E-state index contributed by atoms with van der Waals surface area (Å²) in [6.45, 7) is 4.95. The monoisotopic (exact) mass is 132 g/mol. The average Bonchev–Trinajstić information content (AvgIpc) is 2.66. The summed E-state index contributed by atoms with van der Waals surface area (Å²) in [5.41, 5.74) is 3.50. The van der Waals surface area contributed by atoms with Gasteiger partial charge in [-0.3, -0.25) is 0 Å². The molecule has 0 heteroatoms. The second-order valence-electron chi connectivity index (χ2n) is 4.95. The van der Waals surface area contributed by atoms with Crippen molar-refractivity contribution in [3.8, 4) is 0 Å². The lowest BCUT2D eigenvalue weighted by atomic mass is 9.82. The van der Waals surface area contributed by atoms with E-state index in [1.165, 1.54) is 0 Å². The van der Waals surface area contributed by atoms with E-state index in [1.807, 2.05) is 5.57 Å². The highest BCUT2D eigenvalue weighted by Crippen LogP contribution is 3.00. The molecule has 0 bridgehead atoms. The minimum atomic E-state index is 0.807. The third-order valence-electron chi connectivity index (χ3n) is 5.21. The third kappa shape index (κ3) is 0.184. The van der Waals surface area contributed by atoms with Crippen LogP contribution in [0.1, 0.15) is 20.3 Å². The molecule has 3 saturated carbocycles. The van der Waals surface area contributed by atoms with E-state index in [0.717, 1.165) is 28.6 Å². The van der Waals surface area contributed by atoms with Crippen LogP contribution in [-0.2, 0) is 0 Å². The van der Waals surface area contributed by atoms with Gasteiger partial charge in [0.25, 0.3) is 0 Å². The molecule has 0 aromatic rings. The fourth-order valence-electron chi connectivity index (χ4n) is 4.16. The van der Waals surface area contributed by atoms with E-state index in [0.29, 0.717) is 0 Å². The fraction of sp³-hybridized carbons (Fsp3) is 0.800. The summed E-state index contributed by atoms with van der Waals surface area (Å²) in [5, 5.41) is 0. The van der Waals surface area contributed by atoms with Crippen molar-refractivity contribution in [1.82, 2.24) is 0 Å². The maximum atomic E-state index is 2.53. The van der Waals surface area contributed by atoms with Crippen molar-refractivity contribution in [3.63, 3.8) is 0 Å². The lowest BCUT2D eigenvalue weighted by Crippen LogP contribution is -2.15. The van der Waals surface area contributed by atoms with Gasteiger partial charge in [0.15, 0.2) is 0 Å². The van der Waals surface area contributed by atoms with Gasteiger partial charge in [0.1, 0.15) is 0 Å². The van der Waals surface area contributed by atoms with Crippen LogP contribution in [0.4, 0.5) is 0 Å². The number of rotatable bonds is 0. The van der Waals surface area contributed by atoms with E-state index in [4.69, 9.17) is 0 Å². The van der Waals surface area contributed by atoms with Crippen LogP contribution in [-0.4, -0.2) is 0 Å².